The Morgan fingerprint density at radius 2 is 1.74 bits per heavy atom. The lowest BCUT2D eigenvalue weighted by molar-refractivity contribution is -0.136. The van der Waals surface area contributed by atoms with E-state index in [-0.39, 0.29) is 6.54 Å². The molecule has 1 aromatic carbocycles. The number of nitrogens with zero attached hydrogens (tertiary/aromatic N) is 1. The van der Waals surface area contributed by atoms with Crippen molar-refractivity contribution < 1.29 is 19.1 Å². The Kier molecular flexibility index (Phi) is 4.37. The van der Waals surface area contributed by atoms with Crippen molar-refractivity contribution >= 4 is 17.5 Å². The van der Waals surface area contributed by atoms with Crippen LogP contribution in [-0.4, -0.2) is 30.0 Å². The van der Waals surface area contributed by atoms with Crippen molar-refractivity contribution in [1.82, 2.24) is 10.3 Å². The van der Waals surface area contributed by atoms with Crippen LogP contribution in [0, 0.1) is 0 Å². The summed E-state index contributed by atoms with van der Waals surface area (Å²) in [4.78, 5) is 27.6. The fourth-order valence-electron chi connectivity index (χ4n) is 2.07. The minimum atomic E-state index is -0.740. The molecule has 7 heteroatoms. The molecule has 0 saturated heterocycles. The van der Waals surface area contributed by atoms with Crippen molar-refractivity contribution in [2.75, 3.05) is 18.5 Å². The van der Waals surface area contributed by atoms with Crippen LogP contribution >= 0.6 is 0 Å². The van der Waals surface area contributed by atoms with E-state index in [0.29, 0.717) is 30.4 Å². The number of nitrogens with one attached hydrogen (secondary N) is 2. The van der Waals surface area contributed by atoms with Gasteiger partial charge in [0.2, 0.25) is 0 Å². The molecule has 1 aliphatic rings. The zero-order valence-electron chi connectivity index (χ0n) is 12.2. The zero-order chi connectivity index (χ0) is 16.1. The van der Waals surface area contributed by atoms with E-state index in [4.69, 9.17) is 9.47 Å². The molecule has 2 N–H and O–H groups in total. The lowest BCUT2D eigenvalue weighted by Gasteiger charge is -2.18. The van der Waals surface area contributed by atoms with Crippen LogP contribution in [0.4, 0.5) is 5.69 Å². The van der Waals surface area contributed by atoms with Crippen molar-refractivity contribution in [3.63, 3.8) is 0 Å². The number of pyridine rings is 1. The number of hydrogen-bond acceptors (Lipinski definition) is 5. The number of rotatable bonds is 3. The Bertz CT molecular complexity index is 719. The summed E-state index contributed by atoms with van der Waals surface area (Å²) in [6.45, 7) is 1.21. The highest BCUT2D eigenvalue weighted by Crippen LogP contribution is 2.32. The van der Waals surface area contributed by atoms with Crippen molar-refractivity contribution in [3.8, 4) is 11.5 Å². The maximum Gasteiger partial charge on any atom is 0.313 e. The Balaban J connectivity index is 1.57. The fourth-order valence-corrected chi connectivity index (χ4v) is 2.07. The number of hydrogen-bond donors (Lipinski definition) is 2. The molecule has 0 saturated carbocycles. The van der Waals surface area contributed by atoms with Gasteiger partial charge in [-0.2, -0.15) is 0 Å². The predicted molar refractivity (Wildman–Crippen MR) is 82.1 cm³/mol. The smallest absolute Gasteiger partial charge is 0.313 e. The average molecular weight is 313 g/mol. The van der Waals surface area contributed by atoms with E-state index < -0.39 is 11.8 Å². The van der Waals surface area contributed by atoms with Gasteiger partial charge in [0.15, 0.2) is 11.5 Å². The molecule has 0 atom stereocenters. The van der Waals surface area contributed by atoms with E-state index in [1.165, 1.54) is 0 Å². The van der Waals surface area contributed by atoms with Gasteiger partial charge < -0.3 is 20.1 Å². The highest BCUT2D eigenvalue weighted by molar-refractivity contribution is 6.39. The van der Waals surface area contributed by atoms with Crippen molar-refractivity contribution in [2.24, 2.45) is 0 Å². The second-order valence-electron chi connectivity index (χ2n) is 4.85. The Labute approximate surface area is 132 Å². The minimum absolute atomic E-state index is 0.260. The lowest BCUT2D eigenvalue weighted by atomic mass is 10.2. The summed E-state index contributed by atoms with van der Waals surface area (Å²) in [6, 6.07) is 8.50. The molecule has 0 unspecified atom stereocenters. The summed E-state index contributed by atoms with van der Waals surface area (Å²) in [5.41, 5.74) is 1.33. The third kappa shape index (κ3) is 3.76. The average Bonchev–Trinajstić information content (AvgIpc) is 2.60. The van der Waals surface area contributed by atoms with Crippen LogP contribution in [0.3, 0.4) is 0 Å². The Morgan fingerprint density at radius 1 is 1.00 bits per heavy atom. The number of fused-ring (bicyclic) bond motifs is 1. The monoisotopic (exact) mass is 313 g/mol. The largest absolute Gasteiger partial charge is 0.486 e. The SMILES string of the molecule is O=C(NCc1ccncc1)C(=O)Nc1ccc2c(c1)OCCO2. The maximum atomic E-state index is 11.9. The first-order valence-corrected chi connectivity index (χ1v) is 7.10. The highest BCUT2D eigenvalue weighted by Gasteiger charge is 2.16. The van der Waals surface area contributed by atoms with E-state index in [9.17, 15) is 9.59 Å². The van der Waals surface area contributed by atoms with Gasteiger partial charge in [-0.15, -0.1) is 0 Å². The van der Waals surface area contributed by atoms with Crippen LogP contribution in [-0.2, 0) is 16.1 Å². The molecule has 2 heterocycles. The first-order valence-electron chi connectivity index (χ1n) is 7.10. The number of aromatic nitrogens is 1. The fraction of sp³-hybridized carbons (Fsp3) is 0.188. The molecule has 0 spiro atoms. The number of anilines is 1. The quantitative estimate of drug-likeness (QED) is 0.829. The molecule has 2 amide bonds. The van der Waals surface area contributed by atoms with Gasteiger partial charge in [-0.05, 0) is 29.8 Å². The maximum absolute atomic E-state index is 11.9. The normalized spacial score (nSPS) is 12.3. The molecule has 23 heavy (non-hydrogen) atoms. The standard InChI is InChI=1S/C16H15N3O4/c20-15(18-10-11-3-5-17-6-4-11)16(21)19-12-1-2-13-14(9-12)23-8-7-22-13/h1-6,9H,7-8,10H2,(H,18,20)(H,19,21). The summed E-state index contributed by atoms with van der Waals surface area (Å²) in [7, 11) is 0. The van der Waals surface area contributed by atoms with Crippen molar-refractivity contribution in [3.05, 3.63) is 48.3 Å². The summed E-state index contributed by atoms with van der Waals surface area (Å²) in [5, 5.41) is 5.08. The highest BCUT2D eigenvalue weighted by atomic mass is 16.6. The third-order valence-corrected chi connectivity index (χ3v) is 3.21. The second-order valence-corrected chi connectivity index (χ2v) is 4.85. The molecule has 1 aromatic heterocycles. The van der Waals surface area contributed by atoms with Gasteiger partial charge in [0.1, 0.15) is 13.2 Å². The van der Waals surface area contributed by atoms with Crippen molar-refractivity contribution in [1.29, 1.82) is 0 Å². The predicted octanol–water partition coefficient (Wildman–Crippen LogP) is 1.11. The summed E-state index contributed by atoms with van der Waals surface area (Å²) < 4.78 is 10.8. The molecule has 7 nitrogen and oxygen atoms in total. The summed E-state index contributed by atoms with van der Waals surface area (Å²) in [6.07, 6.45) is 3.24. The van der Waals surface area contributed by atoms with Crippen molar-refractivity contribution in [2.45, 2.75) is 6.54 Å². The van der Waals surface area contributed by atoms with Crippen LogP contribution < -0.4 is 20.1 Å². The first kappa shape index (κ1) is 14.8. The molecule has 2 aromatic rings. The van der Waals surface area contributed by atoms with Gasteiger partial charge in [0.25, 0.3) is 0 Å². The number of benzene rings is 1. The molecule has 0 aliphatic carbocycles. The van der Waals surface area contributed by atoms with Gasteiger partial charge in [-0.1, -0.05) is 0 Å². The molecule has 118 valence electrons. The summed E-state index contributed by atoms with van der Waals surface area (Å²) in [5.74, 6) is -0.282. The zero-order valence-corrected chi connectivity index (χ0v) is 12.2. The van der Waals surface area contributed by atoms with Gasteiger partial charge in [-0.3, -0.25) is 14.6 Å². The first-order chi connectivity index (χ1) is 11.2. The molecule has 1 aliphatic heterocycles. The number of amides is 2. The Hall–Kier alpha value is -3.09. The van der Waals surface area contributed by atoms with Gasteiger partial charge >= 0.3 is 11.8 Å². The molecular formula is C16H15N3O4. The van der Waals surface area contributed by atoms with E-state index in [2.05, 4.69) is 15.6 Å². The van der Waals surface area contributed by atoms with E-state index >= 15 is 0 Å². The third-order valence-electron chi connectivity index (χ3n) is 3.21. The minimum Gasteiger partial charge on any atom is -0.486 e. The Morgan fingerprint density at radius 3 is 2.52 bits per heavy atom. The van der Waals surface area contributed by atoms with Crippen LogP contribution in [0.5, 0.6) is 11.5 Å². The number of carbonyl (C=O) groups excluding carboxylic acids is 2. The van der Waals surface area contributed by atoms with E-state index in [0.717, 1.165) is 5.56 Å². The summed E-state index contributed by atoms with van der Waals surface area (Å²) >= 11 is 0. The van der Waals surface area contributed by atoms with Gasteiger partial charge in [0, 0.05) is 30.7 Å². The number of ether oxygens (including phenoxy) is 2. The molecule has 0 radical (unpaired) electrons. The van der Waals surface area contributed by atoms with Crippen LogP contribution in [0.15, 0.2) is 42.7 Å². The van der Waals surface area contributed by atoms with E-state index in [1.54, 1.807) is 42.7 Å². The number of carbonyl (C=O) groups is 2. The molecular weight excluding hydrogens is 298 g/mol. The topological polar surface area (TPSA) is 89.6 Å². The molecule has 0 bridgehead atoms. The van der Waals surface area contributed by atoms with Crippen LogP contribution in [0.2, 0.25) is 0 Å². The van der Waals surface area contributed by atoms with E-state index in [1.807, 2.05) is 0 Å². The lowest BCUT2D eigenvalue weighted by Crippen LogP contribution is -2.35. The van der Waals surface area contributed by atoms with Crippen LogP contribution in [0.1, 0.15) is 5.56 Å². The van der Waals surface area contributed by atoms with Gasteiger partial charge in [-0.25, -0.2) is 0 Å². The molecule has 0 fully saturated rings. The van der Waals surface area contributed by atoms with Gasteiger partial charge in [0.05, 0.1) is 0 Å². The second kappa shape index (κ2) is 6.78. The van der Waals surface area contributed by atoms with Crippen LogP contribution in [0.25, 0.3) is 0 Å². The molecule has 3 rings (SSSR count).